The number of methoxy groups -OCH3 is 1. The van der Waals surface area contributed by atoms with Crippen LogP contribution in [0.1, 0.15) is 0 Å². The van der Waals surface area contributed by atoms with Gasteiger partial charge in [-0.15, -0.1) is 11.3 Å². The second-order valence-electron chi connectivity index (χ2n) is 3.92. The Morgan fingerprint density at radius 1 is 1.16 bits per heavy atom. The van der Waals surface area contributed by atoms with E-state index in [9.17, 15) is 0 Å². The Morgan fingerprint density at radius 2 is 1.95 bits per heavy atom. The summed E-state index contributed by atoms with van der Waals surface area (Å²) in [7, 11) is 1.64. The minimum atomic E-state index is 0.269. The van der Waals surface area contributed by atoms with E-state index < -0.39 is 0 Å². The lowest BCUT2D eigenvalue weighted by atomic mass is 10.3. The molecule has 0 radical (unpaired) electrons. The van der Waals surface area contributed by atoms with Crippen molar-refractivity contribution >= 4 is 39.0 Å². The number of anilines is 3. The maximum Gasteiger partial charge on any atom is 0.223 e. The van der Waals surface area contributed by atoms with Crippen LogP contribution in [-0.2, 0) is 0 Å². The molecule has 96 valence electrons. The van der Waals surface area contributed by atoms with Crippen LogP contribution < -0.4 is 15.8 Å². The monoisotopic (exact) mass is 272 g/mol. The van der Waals surface area contributed by atoms with E-state index in [4.69, 9.17) is 10.5 Å². The molecule has 2 heterocycles. The van der Waals surface area contributed by atoms with Crippen molar-refractivity contribution in [2.45, 2.75) is 0 Å². The number of rotatable bonds is 3. The molecule has 0 fully saturated rings. The fourth-order valence-electron chi connectivity index (χ4n) is 1.78. The lowest BCUT2D eigenvalue weighted by Crippen LogP contribution is -2.00. The first-order valence-corrected chi connectivity index (χ1v) is 6.56. The minimum Gasteiger partial charge on any atom is -0.497 e. The van der Waals surface area contributed by atoms with Gasteiger partial charge in [0.2, 0.25) is 5.95 Å². The Bertz CT molecular complexity index is 708. The molecule has 0 aliphatic carbocycles. The van der Waals surface area contributed by atoms with E-state index >= 15 is 0 Å². The average Bonchev–Trinajstić information content (AvgIpc) is 2.88. The van der Waals surface area contributed by atoms with E-state index in [0.717, 1.165) is 21.7 Å². The van der Waals surface area contributed by atoms with E-state index in [1.54, 1.807) is 18.4 Å². The summed E-state index contributed by atoms with van der Waals surface area (Å²) >= 11 is 1.54. The smallest absolute Gasteiger partial charge is 0.223 e. The lowest BCUT2D eigenvalue weighted by molar-refractivity contribution is 0.415. The molecule has 0 saturated carbocycles. The molecule has 2 aromatic heterocycles. The molecule has 0 saturated heterocycles. The molecule has 3 N–H and O–H groups in total. The molecule has 0 aliphatic rings. The number of aromatic nitrogens is 2. The summed E-state index contributed by atoms with van der Waals surface area (Å²) in [6.07, 6.45) is 0. The van der Waals surface area contributed by atoms with Gasteiger partial charge in [-0.2, -0.15) is 4.98 Å². The third-order valence-electron chi connectivity index (χ3n) is 2.70. The van der Waals surface area contributed by atoms with Crippen molar-refractivity contribution in [1.82, 2.24) is 9.97 Å². The summed E-state index contributed by atoms with van der Waals surface area (Å²) in [6, 6.07) is 9.60. The van der Waals surface area contributed by atoms with Crippen molar-refractivity contribution in [2.24, 2.45) is 0 Å². The van der Waals surface area contributed by atoms with Crippen molar-refractivity contribution in [2.75, 3.05) is 18.2 Å². The zero-order chi connectivity index (χ0) is 13.2. The molecule has 0 atom stereocenters. The van der Waals surface area contributed by atoms with Gasteiger partial charge < -0.3 is 15.8 Å². The molecule has 0 bridgehead atoms. The second kappa shape index (κ2) is 4.74. The summed E-state index contributed by atoms with van der Waals surface area (Å²) < 4.78 is 5.12. The lowest BCUT2D eigenvalue weighted by Gasteiger charge is -2.08. The summed E-state index contributed by atoms with van der Waals surface area (Å²) in [5.41, 5.74) is 6.63. The maximum absolute atomic E-state index is 5.71. The van der Waals surface area contributed by atoms with Crippen LogP contribution in [0.15, 0.2) is 35.7 Å². The van der Waals surface area contributed by atoms with E-state index in [2.05, 4.69) is 15.3 Å². The van der Waals surface area contributed by atoms with Gasteiger partial charge in [0.15, 0.2) is 0 Å². The van der Waals surface area contributed by atoms with Crippen molar-refractivity contribution in [3.63, 3.8) is 0 Å². The summed E-state index contributed by atoms with van der Waals surface area (Å²) in [5, 5.41) is 6.18. The van der Waals surface area contributed by atoms with Gasteiger partial charge in [0.05, 0.1) is 12.5 Å². The number of thiophene rings is 1. The zero-order valence-electron chi connectivity index (χ0n) is 10.3. The number of benzene rings is 1. The minimum absolute atomic E-state index is 0.269. The molecule has 0 amide bonds. The fourth-order valence-corrected chi connectivity index (χ4v) is 2.55. The Labute approximate surface area is 114 Å². The molecule has 0 spiro atoms. The number of nitrogens with one attached hydrogen (secondary N) is 1. The van der Waals surface area contributed by atoms with Crippen LogP contribution in [0, 0.1) is 0 Å². The SMILES string of the molecule is COc1ccc(Nc2nc(N)nc3sccc23)cc1. The zero-order valence-corrected chi connectivity index (χ0v) is 11.1. The molecule has 3 rings (SSSR count). The highest BCUT2D eigenvalue weighted by Crippen LogP contribution is 2.28. The van der Waals surface area contributed by atoms with Gasteiger partial charge in [-0.25, -0.2) is 4.98 Å². The molecule has 6 heteroatoms. The largest absolute Gasteiger partial charge is 0.497 e. The van der Waals surface area contributed by atoms with Gasteiger partial charge in [-0.1, -0.05) is 0 Å². The molecular formula is C13H12N4OS. The van der Waals surface area contributed by atoms with Gasteiger partial charge in [-0.05, 0) is 35.7 Å². The number of fused-ring (bicyclic) bond motifs is 1. The fraction of sp³-hybridized carbons (Fsp3) is 0.0769. The molecule has 0 aliphatic heterocycles. The topological polar surface area (TPSA) is 73.1 Å². The maximum atomic E-state index is 5.71. The number of nitrogen functional groups attached to an aromatic ring is 1. The van der Waals surface area contributed by atoms with Crippen molar-refractivity contribution in [3.8, 4) is 5.75 Å². The first-order chi connectivity index (χ1) is 9.26. The number of nitrogens with zero attached hydrogens (tertiary/aromatic N) is 2. The molecule has 0 unspecified atom stereocenters. The van der Waals surface area contributed by atoms with Gasteiger partial charge in [-0.3, -0.25) is 0 Å². The van der Waals surface area contributed by atoms with Crippen LogP contribution in [0.2, 0.25) is 0 Å². The van der Waals surface area contributed by atoms with E-state index in [-0.39, 0.29) is 5.95 Å². The number of hydrogen-bond donors (Lipinski definition) is 2. The van der Waals surface area contributed by atoms with Crippen LogP contribution >= 0.6 is 11.3 Å². The van der Waals surface area contributed by atoms with Crippen LogP contribution in [0.25, 0.3) is 10.2 Å². The molecule has 5 nitrogen and oxygen atoms in total. The molecule has 19 heavy (non-hydrogen) atoms. The van der Waals surface area contributed by atoms with Crippen LogP contribution in [0.4, 0.5) is 17.5 Å². The predicted octanol–water partition coefficient (Wildman–Crippen LogP) is 3.03. The van der Waals surface area contributed by atoms with Crippen molar-refractivity contribution in [1.29, 1.82) is 0 Å². The molecule has 3 aromatic rings. The highest BCUT2D eigenvalue weighted by Gasteiger charge is 2.07. The normalized spacial score (nSPS) is 10.6. The van der Waals surface area contributed by atoms with Crippen LogP contribution in [0.3, 0.4) is 0 Å². The quantitative estimate of drug-likeness (QED) is 0.766. The summed E-state index contributed by atoms with van der Waals surface area (Å²) in [6.45, 7) is 0. The predicted molar refractivity (Wildman–Crippen MR) is 78.1 cm³/mol. The number of hydrogen-bond acceptors (Lipinski definition) is 6. The van der Waals surface area contributed by atoms with E-state index in [1.807, 2.05) is 35.7 Å². The highest BCUT2D eigenvalue weighted by atomic mass is 32.1. The van der Waals surface area contributed by atoms with E-state index in [1.165, 1.54) is 0 Å². The standard InChI is InChI=1S/C13H12N4OS/c1-18-9-4-2-8(3-5-9)15-11-10-6-7-19-12(10)17-13(14)16-11/h2-7H,1H3,(H3,14,15,16,17). The molecular weight excluding hydrogens is 260 g/mol. The van der Waals surface area contributed by atoms with Crippen LogP contribution in [-0.4, -0.2) is 17.1 Å². The highest BCUT2D eigenvalue weighted by molar-refractivity contribution is 7.16. The average molecular weight is 272 g/mol. The van der Waals surface area contributed by atoms with Gasteiger partial charge in [0, 0.05) is 5.69 Å². The molecule has 1 aromatic carbocycles. The van der Waals surface area contributed by atoms with Gasteiger partial charge in [0.25, 0.3) is 0 Å². The summed E-state index contributed by atoms with van der Waals surface area (Å²) in [5.74, 6) is 1.80. The second-order valence-corrected chi connectivity index (χ2v) is 4.82. The number of ether oxygens (including phenoxy) is 1. The Hall–Kier alpha value is -2.34. The van der Waals surface area contributed by atoms with Gasteiger partial charge >= 0.3 is 0 Å². The summed E-state index contributed by atoms with van der Waals surface area (Å²) in [4.78, 5) is 9.31. The first-order valence-electron chi connectivity index (χ1n) is 5.68. The Morgan fingerprint density at radius 3 is 2.68 bits per heavy atom. The Kier molecular flexibility index (Phi) is 2.92. The van der Waals surface area contributed by atoms with Crippen LogP contribution in [0.5, 0.6) is 5.75 Å². The van der Waals surface area contributed by atoms with Gasteiger partial charge in [0.1, 0.15) is 16.4 Å². The number of nitrogens with two attached hydrogens (primary N) is 1. The Balaban J connectivity index is 1.97. The third kappa shape index (κ3) is 2.30. The van der Waals surface area contributed by atoms with E-state index in [0.29, 0.717) is 5.82 Å². The first kappa shape index (κ1) is 11.7. The van der Waals surface area contributed by atoms with Crippen molar-refractivity contribution in [3.05, 3.63) is 35.7 Å². The van der Waals surface area contributed by atoms with Crippen molar-refractivity contribution < 1.29 is 4.74 Å². The third-order valence-corrected chi connectivity index (χ3v) is 3.50.